The highest BCUT2D eigenvalue weighted by Gasteiger charge is 2.09. The zero-order chi connectivity index (χ0) is 14.0. The number of hydrogen-bond donors (Lipinski definition) is 0. The SMILES string of the molecule is Cc1cc(C)c(CSc2ncc(CCl)n2C)c(C)c1. The summed E-state index contributed by atoms with van der Waals surface area (Å²) >= 11 is 7.62. The van der Waals surface area contributed by atoms with Crippen LogP contribution in [0.25, 0.3) is 0 Å². The zero-order valence-corrected chi connectivity index (χ0v) is 13.4. The van der Waals surface area contributed by atoms with E-state index >= 15 is 0 Å². The Labute approximate surface area is 124 Å². The first-order valence-electron chi connectivity index (χ1n) is 6.29. The van der Waals surface area contributed by atoms with E-state index in [0.717, 1.165) is 16.6 Å². The van der Waals surface area contributed by atoms with Crippen molar-refractivity contribution in [2.75, 3.05) is 0 Å². The van der Waals surface area contributed by atoms with Crippen molar-refractivity contribution in [1.82, 2.24) is 9.55 Å². The molecule has 0 saturated carbocycles. The van der Waals surface area contributed by atoms with Crippen molar-refractivity contribution in [1.29, 1.82) is 0 Å². The topological polar surface area (TPSA) is 17.8 Å². The number of halogens is 1. The second-order valence-electron chi connectivity index (χ2n) is 4.89. The van der Waals surface area contributed by atoms with Gasteiger partial charge in [-0.3, -0.25) is 0 Å². The van der Waals surface area contributed by atoms with Crippen LogP contribution >= 0.6 is 23.4 Å². The summed E-state index contributed by atoms with van der Waals surface area (Å²) in [6.45, 7) is 6.50. The van der Waals surface area contributed by atoms with E-state index in [-0.39, 0.29) is 0 Å². The number of alkyl halides is 1. The van der Waals surface area contributed by atoms with Gasteiger partial charge in [-0.15, -0.1) is 11.6 Å². The van der Waals surface area contributed by atoms with E-state index in [1.165, 1.54) is 22.3 Å². The normalized spacial score (nSPS) is 11.0. The maximum absolute atomic E-state index is 5.86. The van der Waals surface area contributed by atoms with Crippen LogP contribution in [0.2, 0.25) is 0 Å². The molecule has 1 heterocycles. The fourth-order valence-corrected chi connectivity index (χ4v) is 3.67. The van der Waals surface area contributed by atoms with Gasteiger partial charge in [-0.1, -0.05) is 29.5 Å². The lowest BCUT2D eigenvalue weighted by molar-refractivity contribution is 0.761. The Balaban J connectivity index is 2.17. The van der Waals surface area contributed by atoms with Crippen molar-refractivity contribution in [3.8, 4) is 0 Å². The Morgan fingerprint density at radius 2 is 1.84 bits per heavy atom. The van der Waals surface area contributed by atoms with Gasteiger partial charge in [0.15, 0.2) is 5.16 Å². The van der Waals surface area contributed by atoms with Gasteiger partial charge in [0.25, 0.3) is 0 Å². The van der Waals surface area contributed by atoms with Gasteiger partial charge in [-0.05, 0) is 37.5 Å². The van der Waals surface area contributed by atoms with E-state index in [9.17, 15) is 0 Å². The van der Waals surface area contributed by atoms with E-state index in [2.05, 4.69) is 42.5 Å². The Kier molecular flexibility index (Phi) is 4.58. The van der Waals surface area contributed by atoms with Gasteiger partial charge in [0.1, 0.15) is 0 Å². The molecule has 0 radical (unpaired) electrons. The molecule has 0 atom stereocenters. The summed E-state index contributed by atoms with van der Waals surface area (Å²) in [5.41, 5.74) is 6.51. The summed E-state index contributed by atoms with van der Waals surface area (Å²) < 4.78 is 2.07. The van der Waals surface area contributed by atoms with Gasteiger partial charge < -0.3 is 4.57 Å². The van der Waals surface area contributed by atoms with E-state index in [0.29, 0.717) is 5.88 Å². The molecule has 0 unspecified atom stereocenters. The predicted octanol–water partition coefficient (Wildman–Crippen LogP) is 4.38. The van der Waals surface area contributed by atoms with Crippen LogP contribution in [0.15, 0.2) is 23.5 Å². The molecule has 4 heteroatoms. The van der Waals surface area contributed by atoms with Crippen LogP contribution in [-0.2, 0) is 18.7 Å². The molecule has 0 spiro atoms. The highest BCUT2D eigenvalue weighted by molar-refractivity contribution is 7.98. The fraction of sp³-hybridized carbons (Fsp3) is 0.400. The molecule has 102 valence electrons. The molecule has 0 aliphatic rings. The van der Waals surface area contributed by atoms with Crippen molar-refractivity contribution in [2.45, 2.75) is 37.6 Å². The standard InChI is InChI=1S/C15H19ClN2S/c1-10-5-11(2)14(12(3)6-10)9-19-15-17-8-13(7-16)18(15)4/h5-6,8H,7,9H2,1-4H3. The zero-order valence-electron chi connectivity index (χ0n) is 11.8. The van der Waals surface area contributed by atoms with Gasteiger partial charge in [-0.25, -0.2) is 4.98 Å². The van der Waals surface area contributed by atoms with Crippen LogP contribution in [0.4, 0.5) is 0 Å². The number of benzene rings is 1. The molecule has 2 aromatic rings. The summed E-state index contributed by atoms with van der Waals surface area (Å²) in [7, 11) is 2.02. The van der Waals surface area contributed by atoms with Crippen molar-refractivity contribution >= 4 is 23.4 Å². The Bertz CT molecular complexity index is 567. The molecular formula is C15H19ClN2S. The number of aromatic nitrogens is 2. The number of rotatable bonds is 4. The van der Waals surface area contributed by atoms with Crippen LogP contribution in [0.5, 0.6) is 0 Å². The maximum atomic E-state index is 5.86. The summed E-state index contributed by atoms with van der Waals surface area (Å²) in [6.07, 6.45) is 1.85. The Hall–Kier alpha value is -0.930. The first-order valence-corrected chi connectivity index (χ1v) is 7.81. The number of imidazole rings is 1. The summed E-state index contributed by atoms with van der Waals surface area (Å²) in [5.74, 6) is 1.46. The summed E-state index contributed by atoms with van der Waals surface area (Å²) in [4.78, 5) is 4.42. The van der Waals surface area contributed by atoms with Crippen LogP contribution in [0.1, 0.15) is 27.9 Å². The van der Waals surface area contributed by atoms with Gasteiger partial charge >= 0.3 is 0 Å². The van der Waals surface area contributed by atoms with E-state index < -0.39 is 0 Å². The highest BCUT2D eigenvalue weighted by Crippen LogP contribution is 2.26. The Morgan fingerprint density at radius 1 is 1.21 bits per heavy atom. The third kappa shape index (κ3) is 3.15. The van der Waals surface area contributed by atoms with Crippen molar-refractivity contribution < 1.29 is 0 Å². The molecule has 1 aromatic heterocycles. The molecule has 2 nitrogen and oxygen atoms in total. The summed E-state index contributed by atoms with van der Waals surface area (Å²) in [6, 6.07) is 4.48. The molecule has 0 bridgehead atoms. The largest absolute Gasteiger partial charge is 0.325 e. The molecule has 2 rings (SSSR count). The van der Waals surface area contributed by atoms with E-state index in [1.54, 1.807) is 11.8 Å². The van der Waals surface area contributed by atoms with E-state index in [4.69, 9.17) is 11.6 Å². The van der Waals surface area contributed by atoms with Gasteiger partial charge in [-0.2, -0.15) is 0 Å². The number of thioether (sulfide) groups is 1. The van der Waals surface area contributed by atoms with Crippen LogP contribution in [0.3, 0.4) is 0 Å². The van der Waals surface area contributed by atoms with Gasteiger partial charge in [0.05, 0.1) is 17.8 Å². The second kappa shape index (κ2) is 6.02. The van der Waals surface area contributed by atoms with Crippen molar-refractivity contribution in [2.24, 2.45) is 7.05 Å². The molecule has 0 saturated heterocycles. The number of nitrogens with zero attached hydrogens (tertiary/aromatic N) is 2. The first kappa shape index (κ1) is 14.5. The van der Waals surface area contributed by atoms with Crippen LogP contribution in [-0.4, -0.2) is 9.55 Å². The molecule has 0 aliphatic heterocycles. The molecule has 1 aromatic carbocycles. The highest BCUT2D eigenvalue weighted by atomic mass is 35.5. The minimum absolute atomic E-state index is 0.507. The maximum Gasteiger partial charge on any atom is 0.168 e. The average Bonchev–Trinajstić information content (AvgIpc) is 2.69. The van der Waals surface area contributed by atoms with Gasteiger partial charge in [0, 0.05) is 12.8 Å². The third-order valence-electron chi connectivity index (χ3n) is 3.36. The van der Waals surface area contributed by atoms with Crippen molar-refractivity contribution in [3.05, 3.63) is 46.3 Å². The lowest BCUT2D eigenvalue weighted by Gasteiger charge is -2.11. The molecule has 0 aliphatic carbocycles. The molecule has 0 fully saturated rings. The summed E-state index contributed by atoms with van der Waals surface area (Å²) in [5, 5.41) is 1.02. The fourth-order valence-electron chi connectivity index (χ4n) is 2.26. The monoisotopic (exact) mass is 294 g/mol. The van der Waals surface area contributed by atoms with Crippen LogP contribution in [0, 0.1) is 20.8 Å². The first-order chi connectivity index (χ1) is 9.02. The smallest absolute Gasteiger partial charge is 0.168 e. The Morgan fingerprint density at radius 3 is 2.37 bits per heavy atom. The molecule has 0 N–H and O–H groups in total. The lowest BCUT2D eigenvalue weighted by atomic mass is 10.0. The number of hydrogen-bond acceptors (Lipinski definition) is 2. The average molecular weight is 295 g/mol. The quantitative estimate of drug-likeness (QED) is 0.615. The lowest BCUT2D eigenvalue weighted by Crippen LogP contribution is -1.97. The minimum Gasteiger partial charge on any atom is -0.325 e. The van der Waals surface area contributed by atoms with Crippen molar-refractivity contribution in [3.63, 3.8) is 0 Å². The molecule has 0 amide bonds. The van der Waals surface area contributed by atoms with Gasteiger partial charge in [0.2, 0.25) is 0 Å². The third-order valence-corrected chi connectivity index (χ3v) is 4.71. The number of aryl methyl sites for hydroxylation is 3. The molecular weight excluding hydrogens is 276 g/mol. The van der Waals surface area contributed by atoms with Crippen LogP contribution < -0.4 is 0 Å². The minimum atomic E-state index is 0.507. The second-order valence-corrected chi connectivity index (χ2v) is 6.10. The predicted molar refractivity (Wildman–Crippen MR) is 83.0 cm³/mol. The molecule has 19 heavy (non-hydrogen) atoms. The van der Waals surface area contributed by atoms with E-state index in [1.807, 2.05) is 13.2 Å².